The number of rotatable bonds is 4. The van der Waals surface area contributed by atoms with Crippen LogP contribution in [0.4, 0.5) is 0 Å². The number of hydrogen-bond donors (Lipinski definition) is 1. The molecular weight excluding hydrogens is 304 g/mol. The number of methoxy groups -OCH3 is 1. The summed E-state index contributed by atoms with van der Waals surface area (Å²) >= 11 is 0. The van der Waals surface area contributed by atoms with Gasteiger partial charge < -0.3 is 19.5 Å². The molecule has 0 amide bonds. The van der Waals surface area contributed by atoms with Crippen molar-refractivity contribution >= 4 is 12.4 Å². The number of likely N-dealkylation sites (N-methyl/N-ethyl adjacent to an activating group) is 1. The van der Waals surface area contributed by atoms with Gasteiger partial charge in [-0.25, -0.2) is 0 Å². The Morgan fingerprint density at radius 1 is 1.32 bits per heavy atom. The zero-order valence-corrected chi connectivity index (χ0v) is 14.1. The van der Waals surface area contributed by atoms with Crippen molar-refractivity contribution in [3.63, 3.8) is 0 Å². The molecule has 124 valence electrons. The van der Waals surface area contributed by atoms with Gasteiger partial charge in [0.1, 0.15) is 13.2 Å². The highest BCUT2D eigenvalue weighted by Crippen LogP contribution is 2.40. The number of likely N-dealkylation sites (tertiary alicyclic amines) is 1. The Kier molecular flexibility index (Phi) is 6.17. The van der Waals surface area contributed by atoms with Gasteiger partial charge in [0.15, 0.2) is 11.5 Å². The molecule has 1 fully saturated rings. The van der Waals surface area contributed by atoms with Crippen LogP contribution in [0.5, 0.6) is 17.2 Å². The average molecular weight is 329 g/mol. The Labute approximate surface area is 138 Å². The minimum absolute atomic E-state index is 0. The maximum absolute atomic E-state index is 5.70. The summed E-state index contributed by atoms with van der Waals surface area (Å²) in [7, 11) is 3.72. The molecule has 0 aromatic heterocycles. The van der Waals surface area contributed by atoms with E-state index in [4.69, 9.17) is 14.2 Å². The van der Waals surface area contributed by atoms with Crippen LogP contribution in [0.2, 0.25) is 0 Å². The SMILES string of the molecule is CNC1CCCN(Cc2cc(OC)c3c(c2)OCCO3)C1.Cl. The lowest BCUT2D eigenvalue weighted by Gasteiger charge is -2.32. The number of fused-ring (bicyclic) bond motifs is 1. The first-order valence-corrected chi connectivity index (χ1v) is 7.66. The molecule has 0 radical (unpaired) electrons. The highest BCUT2D eigenvalue weighted by molar-refractivity contribution is 5.85. The van der Waals surface area contributed by atoms with E-state index < -0.39 is 0 Å². The number of nitrogens with one attached hydrogen (secondary N) is 1. The number of hydrogen-bond acceptors (Lipinski definition) is 5. The fourth-order valence-electron chi connectivity index (χ4n) is 3.11. The van der Waals surface area contributed by atoms with E-state index in [9.17, 15) is 0 Å². The van der Waals surface area contributed by atoms with Gasteiger partial charge in [0, 0.05) is 19.1 Å². The zero-order chi connectivity index (χ0) is 14.7. The predicted octanol–water partition coefficient (Wildman–Crippen LogP) is 2.07. The third kappa shape index (κ3) is 3.77. The van der Waals surface area contributed by atoms with E-state index in [1.165, 1.54) is 18.4 Å². The third-order valence-corrected chi connectivity index (χ3v) is 4.21. The van der Waals surface area contributed by atoms with Crippen LogP contribution in [0.3, 0.4) is 0 Å². The number of piperidine rings is 1. The van der Waals surface area contributed by atoms with Crippen LogP contribution >= 0.6 is 12.4 Å². The van der Waals surface area contributed by atoms with Crippen molar-refractivity contribution in [2.24, 2.45) is 0 Å². The highest BCUT2D eigenvalue weighted by Gasteiger charge is 2.22. The van der Waals surface area contributed by atoms with Crippen LogP contribution in [0.25, 0.3) is 0 Å². The molecule has 1 aromatic carbocycles. The molecule has 2 heterocycles. The van der Waals surface area contributed by atoms with Crippen LogP contribution in [0, 0.1) is 0 Å². The Bertz CT molecular complexity index is 481. The Hall–Kier alpha value is -1.17. The summed E-state index contributed by atoms with van der Waals surface area (Å²) in [6.07, 6.45) is 2.50. The molecule has 1 saturated heterocycles. The van der Waals surface area contributed by atoms with Crippen molar-refractivity contribution in [1.29, 1.82) is 0 Å². The second-order valence-corrected chi connectivity index (χ2v) is 5.69. The van der Waals surface area contributed by atoms with E-state index in [1.807, 2.05) is 7.05 Å². The van der Waals surface area contributed by atoms with Gasteiger partial charge in [-0.3, -0.25) is 4.90 Å². The molecule has 0 spiro atoms. The van der Waals surface area contributed by atoms with Gasteiger partial charge in [-0.2, -0.15) is 0 Å². The summed E-state index contributed by atoms with van der Waals surface area (Å²) in [4.78, 5) is 2.48. The lowest BCUT2D eigenvalue weighted by atomic mass is 10.0. The smallest absolute Gasteiger partial charge is 0.203 e. The van der Waals surface area contributed by atoms with Gasteiger partial charge in [-0.05, 0) is 44.1 Å². The van der Waals surface area contributed by atoms with E-state index in [-0.39, 0.29) is 12.4 Å². The number of ether oxygens (including phenoxy) is 3. The molecule has 22 heavy (non-hydrogen) atoms. The topological polar surface area (TPSA) is 43.0 Å². The summed E-state index contributed by atoms with van der Waals surface area (Å²) in [5.41, 5.74) is 1.22. The monoisotopic (exact) mass is 328 g/mol. The molecular formula is C16H25ClN2O3. The van der Waals surface area contributed by atoms with E-state index in [0.29, 0.717) is 19.3 Å². The molecule has 0 bridgehead atoms. The van der Waals surface area contributed by atoms with Crippen molar-refractivity contribution < 1.29 is 14.2 Å². The average Bonchev–Trinajstić information content (AvgIpc) is 2.54. The van der Waals surface area contributed by atoms with Crippen molar-refractivity contribution in [1.82, 2.24) is 10.2 Å². The van der Waals surface area contributed by atoms with Crippen LogP contribution in [0.15, 0.2) is 12.1 Å². The molecule has 3 rings (SSSR count). The first-order chi connectivity index (χ1) is 10.3. The van der Waals surface area contributed by atoms with Gasteiger partial charge in [0.2, 0.25) is 5.75 Å². The van der Waals surface area contributed by atoms with Gasteiger partial charge >= 0.3 is 0 Å². The van der Waals surface area contributed by atoms with Crippen molar-refractivity contribution in [3.05, 3.63) is 17.7 Å². The predicted molar refractivity (Wildman–Crippen MR) is 88.6 cm³/mol. The maximum atomic E-state index is 5.70. The number of benzene rings is 1. The van der Waals surface area contributed by atoms with Gasteiger partial charge in [-0.1, -0.05) is 0 Å². The summed E-state index contributed by atoms with van der Waals surface area (Å²) in [5, 5.41) is 3.38. The molecule has 6 heteroatoms. The maximum Gasteiger partial charge on any atom is 0.203 e. The minimum atomic E-state index is 0. The Morgan fingerprint density at radius 3 is 2.91 bits per heavy atom. The van der Waals surface area contributed by atoms with Crippen LogP contribution < -0.4 is 19.5 Å². The first-order valence-electron chi connectivity index (χ1n) is 7.66. The zero-order valence-electron chi connectivity index (χ0n) is 13.3. The molecule has 5 nitrogen and oxygen atoms in total. The van der Waals surface area contributed by atoms with Crippen molar-refractivity contribution in [2.75, 3.05) is 40.5 Å². The lowest BCUT2D eigenvalue weighted by Crippen LogP contribution is -2.43. The van der Waals surface area contributed by atoms with E-state index in [2.05, 4.69) is 22.3 Å². The summed E-state index contributed by atoms with van der Waals surface area (Å²) in [6, 6.07) is 4.74. The van der Waals surface area contributed by atoms with Gasteiger partial charge in [-0.15, -0.1) is 12.4 Å². The van der Waals surface area contributed by atoms with Gasteiger partial charge in [0.25, 0.3) is 0 Å². The standard InChI is InChI=1S/C16H24N2O3.ClH/c1-17-13-4-3-5-18(11-13)10-12-8-14(19-2)16-15(9-12)20-6-7-21-16;/h8-9,13,17H,3-7,10-11H2,1-2H3;1H. The van der Waals surface area contributed by atoms with Gasteiger partial charge in [0.05, 0.1) is 7.11 Å². The molecule has 1 unspecified atom stereocenters. The number of nitrogens with zero attached hydrogens (tertiary/aromatic N) is 1. The van der Waals surface area contributed by atoms with E-state index >= 15 is 0 Å². The Morgan fingerprint density at radius 2 is 2.14 bits per heavy atom. The van der Waals surface area contributed by atoms with E-state index in [1.54, 1.807) is 7.11 Å². The highest BCUT2D eigenvalue weighted by atomic mass is 35.5. The number of halogens is 1. The molecule has 1 aromatic rings. The van der Waals surface area contributed by atoms with Crippen LogP contribution in [0.1, 0.15) is 18.4 Å². The fourth-order valence-corrected chi connectivity index (χ4v) is 3.11. The fraction of sp³-hybridized carbons (Fsp3) is 0.625. The normalized spacial score (nSPS) is 21.1. The second kappa shape index (κ2) is 7.90. The molecule has 1 N–H and O–H groups in total. The summed E-state index contributed by atoms with van der Waals surface area (Å²) in [6.45, 7) is 4.34. The molecule has 2 aliphatic heterocycles. The summed E-state index contributed by atoms with van der Waals surface area (Å²) in [5.74, 6) is 2.31. The molecule has 0 saturated carbocycles. The van der Waals surface area contributed by atoms with Crippen LogP contribution in [-0.2, 0) is 6.54 Å². The van der Waals surface area contributed by atoms with Crippen molar-refractivity contribution in [3.8, 4) is 17.2 Å². The Balaban J connectivity index is 0.00000176. The largest absolute Gasteiger partial charge is 0.493 e. The summed E-state index contributed by atoms with van der Waals surface area (Å²) < 4.78 is 16.8. The quantitative estimate of drug-likeness (QED) is 0.916. The molecule has 0 aliphatic carbocycles. The molecule has 2 aliphatic rings. The first kappa shape index (κ1) is 17.2. The van der Waals surface area contributed by atoms with E-state index in [0.717, 1.165) is 36.9 Å². The lowest BCUT2D eigenvalue weighted by molar-refractivity contribution is 0.163. The van der Waals surface area contributed by atoms with Crippen molar-refractivity contribution in [2.45, 2.75) is 25.4 Å². The second-order valence-electron chi connectivity index (χ2n) is 5.69. The molecule has 1 atom stereocenters. The van der Waals surface area contributed by atoms with Crippen LogP contribution in [-0.4, -0.2) is 51.4 Å². The third-order valence-electron chi connectivity index (χ3n) is 4.21. The minimum Gasteiger partial charge on any atom is -0.493 e.